The number of hydrogen-bond acceptors (Lipinski definition) is 4. The van der Waals surface area contributed by atoms with Crippen LogP contribution in [0.3, 0.4) is 0 Å². The molecule has 1 aliphatic carbocycles. The predicted octanol–water partition coefficient (Wildman–Crippen LogP) is 3.95. The maximum atomic E-state index is 13.6. The summed E-state index contributed by atoms with van der Waals surface area (Å²) in [7, 11) is -3.27. The topological polar surface area (TPSA) is 54.5 Å². The summed E-state index contributed by atoms with van der Waals surface area (Å²) >= 11 is 1.65. The molecule has 4 rings (SSSR count). The molecule has 27 heavy (non-hydrogen) atoms. The molecule has 1 unspecified atom stereocenters. The fourth-order valence-electron chi connectivity index (χ4n) is 4.59. The van der Waals surface area contributed by atoms with Gasteiger partial charge in [0, 0.05) is 18.0 Å². The highest BCUT2D eigenvalue weighted by atomic mass is 32.2. The zero-order valence-electron chi connectivity index (χ0n) is 15.3. The molecule has 1 saturated carbocycles. The minimum absolute atomic E-state index is 0.0405. The number of nitrogens with zero attached hydrogens (tertiary/aromatic N) is 1. The van der Waals surface area contributed by atoms with Crippen molar-refractivity contribution in [2.24, 2.45) is 0 Å². The third-order valence-electron chi connectivity index (χ3n) is 6.06. The van der Waals surface area contributed by atoms with E-state index in [1.165, 1.54) is 0 Å². The van der Waals surface area contributed by atoms with Crippen LogP contribution in [-0.2, 0) is 20.0 Å². The summed E-state index contributed by atoms with van der Waals surface area (Å²) in [5.74, 6) is 0.171. The molecule has 4 nitrogen and oxygen atoms in total. The van der Waals surface area contributed by atoms with Gasteiger partial charge in [-0.2, -0.15) is 0 Å². The second-order valence-corrected chi connectivity index (χ2v) is 10.9. The Labute approximate surface area is 165 Å². The molecule has 6 heteroatoms. The minimum atomic E-state index is -3.27. The summed E-state index contributed by atoms with van der Waals surface area (Å²) in [6.45, 7) is 0.808. The molecule has 144 valence electrons. The molecular formula is C21H25NO3S2. The first-order chi connectivity index (χ1) is 13.0. The Balaban J connectivity index is 1.60. The maximum absolute atomic E-state index is 13.6. The molecule has 1 saturated heterocycles. The Morgan fingerprint density at radius 2 is 1.78 bits per heavy atom. The Morgan fingerprint density at radius 1 is 1.04 bits per heavy atom. The van der Waals surface area contributed by atoms with Crippen molar-refractivity contribution in [3.63, 3.8) is 0 Å². The van der Waals surface area contributed by atoms with E-state index in [2.05, 4.69) is 6.07 Å². The van der Waals surface area contributed by atoms with Gasteiger partial charge in [0.25, 0.3) is 0 Å². The molecule has 0 N–H and O–H groups in total. The lowest BCUT2D eigenvalue weighted by atomic mass is 9.82. The number of sulfone groups is 1. The van der Waals surface area contributed by atoms with Crippen LogP contribution in [0.2, 0.25) is 0 Å². The van der Waals surface area contributed by atoms with Crippen LogP contribution in [0, 0.1) is 0 Å². The molecule has 2 aliphatic rings. The standard InChI is InChI=1S/C21H25NO3S2/c23-20(21(11-4-5-12-21)19-9-6-15-26-19)22-13-10-18(27(24,25)16-14-22)17-7-2-1-3-8-17/h1-3,6-9,15,18H,4-5,10-14,16H2. The van der Waals surface area contributed by atoms with Gasteiger partial charge in [-0.15, -0.1) is 11.3 Å². The molecule has 1 amide bonds. The van der Waals surface area contributed by atoms with Crippen molar-refractivity contribution in [2.45, 2.75) is 42.8 Å². The van der Waals surface area contributed by atoms with E-state index < -0.39 is 20.5 Å². The van der Waals surface area contributed by atoms with Crippen molar-refractivity contribution in [3.05, 3.63) is 58.3 Å². The van der Waals surface area contributed by atoms with Gasteiger partial charge in [0.1, 0.15) is 0 Å². The van der Waals surface area contributed by atoms with Crippen molar-refractivity contribution in [1.29, 1.82) is 0 Å². The Kier molecular flexibility index (Phi) is 5.12. The molecule has 0 bridgehead atoms. The third kappa shape index (κ3) is 3.45. The van der Waals surface area contributed by atoms with Gasteiger partial charge < -0.3 is 4.90 Å². The van der Waals surface area contributed by atoms with Crippen molar-refractivity contribution >= 4 is 27.1 Å². The van der Waals surface area contributed by atoms with Crippen LogP contribution in [0.4, 0.5) is 0 Å². The normalized spacial score (nSPS) is 24.4. The van der Waals surface area contributed by atoms with Crippen LogP contribution in [0.1, 0.15) is 47.8 Å². The lowest BCUT2D eigenvalue weighted by Crippen LogP contribution is -2.46. The predicted molar refractivity (Wildman–Crippen MR) is 109 cm³/mol. The van der Waals surface area contributed by atoms with E-state index in [9.17, 15) is 13.2 Å². The van der Waals surface area contributed by atoms with E-state index in [1.54, 1.807) is 11.3 Å². The first kappa shape index (κ1) is 18.7. The first-order valence-corrected chi connectivity index (χ1v) is 12.2. The number of hydrogen-bond donors (Lipinski definition) is 0. The summed E-state index contributed by atoms with van der Waals surface area (Å²) in [6, 6.07) is 13.5. The smallest absolute Gasteiger partial charge is 0.234 e. The van der Waals surface area contributed by atoms with Crippen molar-refractivity contribution in [1.82, 2.24) is 4.90 Å². The molecule has 2 heterocycles. The van der Waals surface area contributed by atoms with Gasteiger partial charge in [-0.3, -0.25) is 4.79 Å². The lowest BCUT2D eigenvalue weighted by molar-refractivity contribution is -0.137. The van der Waals surface area contributed by atoms with Crippen molar-refractivity contribution in [3.8, 4) is 0 Å². The first-order valence-electron chi connectivity index (χ1n) is 9.63. The second kappa shape index (κ2) is 7.40. The van der Waals surface area contributed by atoms with Gasteiger partial charge in [0.2, 0.25) is 5.91 Å². The SMILES string of the molecule is O=C(N1CCC(c2ccccc2)S(=O)(=O)CC1)C1(c2cccs2)CCCC1. The largest absolute Gasteiger partial charge is 0.341 e. The Morgan fingerprint density at radius 3 is 2.44 bits per heavy atom. The van der Waals surface area contributed by atoms with E-state index in [0.29, 0.717) is 19.5 Å². The fourth-order valence-corrected chi connectivity index (χ4v) is 7.36. The van der Waals surface area contributed by atoms with Gasteiger partial charge in [0.05, 0.1) is 16.4 Å². The highest BCUT2D eigenvalue weighted by molar-refractivity contribution is 7.91. The fraction of sp³-hybridized carbons (Fsp3) is 0.476. The van der Waals surface area contributed by atoms with Crippen LogP contribution < -0.4 is 0 Å². The molecule has 0 spiro atoms. The molecule has 1 aromatic carbocycles. The number of rotatable bonds is 3. The van der Waals surface area contributed by atoms with Crippen molar-refractivity contribution in [2.75, 3.05) is 18.8 Å². The highest BCUT2D eigenvalue weighted by Crippen LogP contribution is 2.45. The summed E-state index contributed by atoms with van der Waals surface area (Å²) in [4.78, 5) is 16.5. The summed E-state index contributed by atoms with van der Waals surface area (Å²) in [6.07, 6.45) is 4.33. The zero-order valence-corrected chi connectivity index (χ0v) is 17.0. The lowest BCUT2D eigenvalue weighted by Gasteiger charge is -2.33. The van der Waals surface area contributed by atoms with E-state index in [0.717, 1.165) is 36.1 Å². The van der Waals surface area contributed by atoms with Gasteiger partial charge in [-0.25, -0.2) is 8.42 Å². The van der Waals surface area contributed by atoms with Gasteiger partial charge in [-0.05, 0) is 36.3 Å². The summed E-state index contributed by atoms with van der Waals surface area (Å²) in [5, 5.41) is 1.51. The Bertz CT molecular complexity index is 885. The molecular weight excluding hydrogens is 378 g/mol. The van der Waals surface area contributed by atoms with Crippen LogP contribution >= 0.6 is 11.3 Å². The average molecular weight is 404 g/mol. The summed E-state index contributed by atoms with van der Waals surface area (Å²) in [5.41, 5.74) is 0.394. The van der Waals surface area contributed by atoms with Crippen LogP contribution in [0.15, 0.2) is 47.8 Å². The zero-order chi connectivity index (χ0) is 18.9. The molecule has 1 aliphatic heterocycles. The number of carbonyl (C=O) groups is 1. The van der Waals surface area contributed by atoms with E-state index in [4.69, 9.17) is 0 Å². The van der Waals surface area contributed by atoms with Crippen molar-refractivity contribution < 1.29 is 13.2 Å². The molecule has 1 aromatic heterocycles. The molecule has 2 aromatic rings. The van der Waals surface area contributed by atoms with E-state index in [1.807, 2.05) is 46.7 Å². The maximum Gasteiger partial charge on any atom is 0.234 e. The summed E-state index contributed by atoms with van der Waals surface area (Å²) < 4.78 is 25.7. The molecule has 1 atom stereocenters. The number of benzene rings is 1. The van der Waals surface area contributed by atoms with Crippen LogP contribution in [0.25, 0.3) is 0 Å². The van der Waals surface area contributed by atoms with Crippen LogP contribution in [-0.4, -0.2) is 38.1 Å². The van der Waals surface area contributed by atoms with Gasteiger partial charge >= 0.3 is 0 Å². The van der Waals surface area contributed by atoms with Gasteiger partial charge in [0.15, 0.2) is 9.84 Å². The van der Waals surface area contributed by atoms with Gasteiger partial charge in [-0.1, -0.05) is 49.2 Å². The second-order valence-electron chi connectivity index (χ2n) is 7.61. The number of carbonyl (C=O) groups excluding carboxylic acids is 1. The monoisotopic (exact) mass is 403 g/mol. The third-order valence-corrected chi connectivity index (χ3v) is 9.26. The molecule has 0 radical (unpaired) electrons. The Hall–Kier alpha value is -1.66. The van der Waals surface area contributed by atoms with Crippen LogP contribution in [0.5, 0.6) is 0 Å². The molecule has 2 fully saturated rings. The number of thiophene rings is 1. The average Bonchev–Trinajstić information content (AvgIpc) is 3.34. The van der Waals surface area contributed by atoms with E-state index >= 15 is 0 Å². The van der Waals surface area contributed by atoms with E-state index in [-0.39, 0.29) is 11.7 Å². The highest BCUT2D eigenvalue weighted by Gasteiger charge is 2.46. The number of amides is 1. The quantitative estimate of drug-likeness (QED) is 0.780. The minimum Gasteiger partial charge on any atom is -0.341 e.